The fourth-order valence-electron chi connectivity index (χ4n) is 1.13. The second-order valence-electron chi connectivity index (χ2n) is 3.37. The number of benzene rings is 1. The molecule has 0 saturated carbocycles. The second-order valence-corrected chi connectivity index (χ2v) is 3.37. The Labute approximate surface area is 100 Å². The minimum Gasteiger partial charge on any atom is -0.480 e. The number of carboxylic acid groups (broad SMARTS) is 1. The normalized spacial score (nSPS) is 12.9. The molecule has 100 valence electrons. The molecule has 1 aromatic carbocycles. The number of hydrogen-bond donors (Lipinski definition) is 3. The third-order valence-corrected chi connectivity index (χ3v) is 1.94. The van der Waals surface area contributed by atoms with Gasteiger partial charge < -0.3 is 20.9 Å². The lowest BCUT2D eigenvalue weighted by molar-refractivity contribution is -0.274. The molecule has 0 spiro atoms. The summed E-state index contributed by atoms with van der Waals surface area (Å²) < 4.78 is 40.0. The van der Waals surface area contributed by atoms with Gasteiger partial charge in [-0.2, -0.15) is 0 Å². The summed E-state index contributed by atoms with van der Waals surface area (Å²) in [6, 6.07) is 4.07. The zero-order valence-corrected chi connectivity index (χ0v) is 9.07. The fraction of sp³-hybridized carbons (Fsp3) is 0.300. The zero-order valence-electron chi connectivity index (χ0n) is 9.07. The first-order chi connectivity index (χ1) is 8.29. The Balaban J connectivity index is 2.73. The predicted molar refractivity (Wildman–Crippen MR) is 57.2 cm³/mol. The molecule has 0 saturated heterocycles. The van der Waals surface area contributed by atoms with Gasteiger partial charge in [-0.1, -0.05) is 12.1 Å². The molecule has 1 rings (SSSR count). The van der Waals surface area contributed by atoms with Crippen molar-refractivity contribution in [3.63, 3.8) is 0 Å². The van der Waals surface area contributed by atoms with Gasteiger partial charge in [-0.05, 0) is 12.1 Å². The van der Waals surface area contributed by atoms with Gasteiger partial charge in [0.2, 0.25) is 0 Å². The third-order valence-electron chi connectivity index (χ3n) is 1.94. The number of aliphatic carboxylic acids is 1. The quantitative estimate of drug-likeness (QED) is 0.748. The summed E-state index contributed by atoms with van der Waals surface area (Å²) in [5.74, 6) is -1.70. The molecule has 1 atom stereocenters. The Morgan fingerprint density at radius 3 is 2.61 bits per heavy atom. The highest BCUT2D eigenvalue weighted by Gasteiger charge is 2.32. The lowest BCUT2D eigenvalue weighted by Gasteiger charge is -2.15. The molecule has 0 radical (unpaired) electrons. The van der Waals surface area contributed by atoms with Crippen molar-refractivity contribution in [3.05, 3.63) is 24.3 Å². The number of halogens is 3. The van der Waals surface area contributed by atoms with E-state index in [-0.39, 0.29) is 12.2 Å². The highest BCUT2D eigenvalue weighted by Crippen LogP contribution is 2.29. The average Bonchev–Trinajstić information content (AvgIpc) is 2.25. The maximum Gasteiger partial charge on any atom is 0.573 e. The molecule has 8 heteroatoms. The number of hydrogen-bond acceptors (Lipinski definition) is 4. The Hall–Kier alpha value is -1.96. The third kappa shape index (κ3) is 4.50. The molecule has 1 unspecified atom stereocenters. The SMILES string of the molecule is NC(CNc1ccccc1OC(F)(F)F)C(=O)O. The van der Waals surface area contributed by atoms with Crippen LogP contribution in [0, 0.1) is 0 Å². The average molecular weight is 264 g/mol. The molecule has 0 heterocycles. The number of ether oxygens (including phenoxy) is 1. The Bertz CT molecular complexity index is 423. The van der Waals surface area contributed by atoms with E-state index in [1.54, 1.807) is 0 Å². The van der Waals surface area contributed by atoms with Crippen LogP contribution in [-0.2, 0) is 4.79 Å². The molecule has 1 aromatic rings. The van der Waals surface area contributed by atoms with Gasteiger partial charge in [0.05, 0.1) is 5.69 Å². The van der Waals surface area contributed by atoms with Crippen LogP contribution in [0.1, 0.15) is 0 Å². The van der Waals surface area contributed by atoms with Crippen LogP contribution in [0.5, 0.6) is 5.75 Å². The van der Waals surface area contributed by atoms with E-state index in [0.717, 1.165) is 6.07 Å². The Kier molecular flexibility index (Phi) is 4.38. The van der Waals surface area contributed by atoms with Crippen molar-refractivity contribution in [2.45, 2.75) is 12.4 Å². The van der Waals surface area contributed by atoms with E-state index in [9.17, 15) is 18.0 Å². The van der Waals surface area contributed by atoms with Crippen LogP contribution in [0.15, 0.2) is 24.3 Å². The molecule has 4 N–H and O–H groups in total. The van der Waals surface area contributed by atoms with Crippen LogP contribution in [0.3, 0.4) is 0 Å². The molecular weight excluding hydrogens is 253 g/mol. The van der Waals surface area contributed by atoms with E-state index in [4.69, 9.17) is 10.8 Å². The van der Waals surface area contributed by atoms with Crippen molar-refractivity contribution in [1.29, 1.82) is 0 Å². The molecule has 5 nitrogen and oxygen atoms in total. The Morgan fingerprint density at radius 1 is 1.44 bits per heavy atom. The molecule has 0 bridgehead atoms. The van der Waals surface area contributed by atoms with Gasteiger partial charge in [-0.3, -0.25) is 4.79 Å². The summed E-state index contributed by atoms with van der Waals surface area (Å²) in [7, 11) is 0. The van der Waals surface area contributed by atoms with Crippen LogP contribution in [-0.4, -0.2) is 30.0 Å². The van der Waals surface area contributed by atoms with Gasteiger partial charge in [-0.15, -0.1) is 13.2 Å². The smallest absolute Gasteiger partial charge is 0.480 e. The number of carbonyl (C=O) groups is 1. The minimum atomic E-state index is -4.81. The van der Waals surface area contributed by atoms with Gasteiger partial charge >= 0.3 is 12.3 Å². The topological polar surface area (TPSA) is 84.6 Å². The summed E-state index contributed by atoms with van der Waals surface area (Å²) in [4.78, 5) is 10.5. The zero-order chi connectivity index (χ0) is 13.8. The highest BCUT2D eigenvalue weighted by atomic mass is 19.4. The van der Waals surface area contributed by atoms with E-state index >= 15 is 0 Å². The number of para-hydroxylation sites is 2. The van der Waals surface area contributed by atoms with Gasteiger partial charge in [0.1, 0.15) is 6.04 Å². The van der Waals surface area contributed by atoms with Gasteiger partial charge in [0.15, 0.2) is 5.75 Å². The van der Waals surface area contributed by atoms with E-state index < -0.39 is 24.1 Å². The maximum absolute atomic E-state index is 12.1. The van der Waals surface area contributed by atoms with E-state index in [0.29, 0.717) is 0 Å². The molecule has 18 heavy (non-hydrogen) atoms. The van der Waals surface area contributed by atoms with Crippen LogP contribution in [0.25, 0.3) is 0 Å². The number of anilines is 1. The van der Waals surface area contributed by atoms with E-state index in [1.807, 2.05) is 0 Å². The van der Waals surface area contributed by atoms with Crippen molar-refractivity contribution >= 4 is 11.7 Å². The van der Waals surface area contributed by atoms with Gasteiger partial charge in [0.25, 0.3) is 0 Å². The maximum atomic E-state index is 12.1. The molecule has 0 fully saturated rings. The minimum absolute atomic E-state index is 0.0199. The molecule has 0 amide bonds. The first-order valence-corrected chi connectivity index (χ1v) is 4.86. The van der Waals surface area contributed by atoms with Crippen molar-refractivity contribution in [3.8, 4) is 5.75 Å². The summed E-state index contributed by atoms with van der Waals surface area (Å²) in [5, 5.41) is 11.0. The molecular formula is C10H11F3N2O3. The van der Waals surface area contributed by atoms with Crippen LogP contribution in [0.2, 0.25) is 0 Å². The number of rotatable bonds is 5. The van der Waals surface area contributed by atoms with Gasteiger partial charge in [-0.25, -0.2) is 0 Å². The van der Waals surface area contributed by atoms with Crippen LogP contribution < -0.4 is 15.8 Å². The number of carboxylic acids is 1. The fourth-order valence-corrected chi connectivity index (χ4v) is 1.13. The molecule has 0 aliphatic carbocycles. The summed E-state index contributed by atoms with van der Waals surface area (Å²) in [6.45, 7) is -0.215. The van der Waals surface area contributed by atoms with Crippen LogP contribution in [0.4, 0.5) is 18.9 Å². The van der Waals surface area contributed by atoms with Crippen molar-refractivity contribution in [2.24, 2.45) is 5.73 Å². The van der Waals surface area contributed by atoms with E-state index in [2.05, 4.69) is 10.1 Å². The summed E-state index contributed by atoms with van der Waals surface area (Å²) >= 11 is 0. The monoisotopic (exact) mass is 264 g/mol. The Morgan fingerprint density at radius 2 is 2.06 bits per heavy atom. The first kappa shape index (κ1) is 14.1. The predicted octanol–water partition coefficient (Wildman–Crippen LogP) is 1.41. The van der Waals surface area contributed by atoms with Gasteiger partial charge in [0, 0.05) is 6.54 Å². The largest absolute Gasteiger partial charge is 0.573 e. The lowest BCUT2D eigenvalue weighted by atomic mass is 10.2. The summed E-state index contributed by atoms with van der Waals surface area (Å²) in [5.41, 5.74) is 5.24. The van der Waals surface area contributed by atoms with Crippen molar-refractivity contribution < 1.29 is 27.8 Å². The van der Waals surface area contributed by atoms with E-state index in [1.165, 1.54) is 18.2 Å². The number of nitrogens with two attached hydrogens (primary N) is 1. The summed E-state index contributed by atoms with van der Waals surface area (Å²) in [6.07, 6.45) is -4.81. The van der Waals surface area contributed by atoms with Crippen LogP contribution >= 0.6 is 0 Å². The number of alkyl halides is 3. The first-order valence-electron chi connectivity index (χ1n) is 4.86. The van der Waals surface area contributed by atoms with Crippen molar-refractivity contribution in [2.75, 3.05) is 11.9 Å². The second kappa shape index (κ2) is 5.58. The molecule has 0 aliphatic heterocycles. The lowest BCUT2D eigenvalue weighted by Crippen LogP contribution is -2.37. The highest BCUT2D eigenvalue weighted by molar-refractivity contribution is 5.74. The standard InChI is InChI=1S/C10H11F3N2O3/c11-10(12,13)18-8-4-2-1-3-7(8)15-5-6(14)9(16)17/h1-4,6,15H,5,14H2,(H,16,17). The van der Waals surface area contributed by atoms with Crippen molar-refractivity contribution in [1.82, 2.24) is 0 Å². The molecule has 0 aromatic heterocycles. The molecule has 0 aliphatic rings. The number of nitrogens with one attached hydrogen (secondary N) is 1.